The Hall–Kier alpha value is -1.94. The zero-order valence-corrected chi connectivity index (χ0v) is 13.1. The Balaban J connectivity index is 1.59. The van der Waals surface area contributed by atoms with Gasteiger partial charge in [0.05, 0.1) is 18.5 Å². The van der Waals surface area contributed by atoms with Gasteiger partial charge in [-0.15, -0.1) is 0 Å². The Bertz CT molecular complexity index is 592. The van der Waals surface area contributed by atoms with Crippen molar-refractivity contribution in [2.45, 2.75) is 38.1 Å². The maximum atomic E-state index is 5.19. The van der Waals surface area contributed by atoms with Crippen LogP contribution in [-0.2, 0) is 12.8 Å². The van der Waals surface area contributed by atoms with Crippen molar-refractivity contribution >= 4 is 0 Å². The second kappa shape index (κ2) is 7.36. The van der Waals surface area contributed by atoms with Crippen LogP contribution in [0.25, 0.3) is 0 Å². The number of aromatic nitrogens is 2. The molecule has 0 bridgehead atoms. The van der Waals surface area contributed by atoms with Gasteiger partial charge in [-0.3, -0.25) is 9.97 Å². The first-order valence-electron chi connectivity index (χ1n) is 7.99. The average Bonchev–Trinajstić information content (AvgIpc) is 3.08. The minimum Gasteiger partial charge on any atom is -0.497 e. The normalized spacial score (nSPS) is 17.6. The Morgan fingerprint density at radius 1 is 1.18 bits per heavy atom. The molecule has 1 saturated heterocycles. The van der Waals surface area contributed by atoms with E-state index in [0.717, 1.165) is 42.9 Å². The minimum absolute atomic E-state index is 0.659. The zero-order valence-electron chi connectivity index (χ0n) is 13.1. The summed E-state index contributed by atoms with van der Waals surface area (Å²) in [6.07, 6.45) is 9.31. The molecule has 22 heavy (non-hydrogen) atoms. The molecular weight excluding hydrogens is 274 g/mol. The van der Waals surface area contributed by atoms with Gasteiger partial charge in [0.1, 0.15) is 5.75 Å². The van der Waals surface area contributed by atoms with Gasteiger partial charge in [0.25, 0.3) is 0 Å². The third-order valence-corrected chi connectivity index (χ3v) is 4.19. The number of nitrogens with one attached hydrogen (secondary N) is 1. The minimum atomic E-state index is 0.659. The number of ether oxygens (including phenoxy) is 1. The van der Waals surface area contributed by atoms with Crippen molar-refractivity contribution in [3.63, 3.8) is 0 Å². The lowest BCUT2D eigenvalue weighted by Gasteiger charge is -2.09. The lowest BCUT2D eigenvalue weighted by molar-refractivity contribution is 0.414. The number of hydrogen-bond donors (Lipinski definition) is 1. The highest BCUT2D eigenvalue weighted by Gasteiger charge is 2.14. The number of rotatable bonds is 6. The highest BCUT2D eigenvalue weighted by atomic mass is 16.5. The summed E-state index contributed by atoms with van der Waals surface area (Å²) in [7, 11) is 1.68. The lowest BCUT2D eigenvalue weighted by Crippen LogP contribution is -2.21. The molecule has 0 radical (unpaired) electrons. The van der Waals surface area contributed by atoms with E-state index in [1.165, 1.54) is 18.4 Å². The fourth-order valence-corrected chi connectivity index (χ4v) is 2.93. The van der Waals surface area contributed by atoms with Gasteiger partial charge in [-0.05, 0) is 49.9 Å². The van der Waals surface area contributed by atoms with Crippen LogP contribution >= 0.6 is 0 Å². The van der Waals surface area contributed by atoms with Gasteiger partial charge in [0, 0.05) is 24.9 Å². The van der Waals surface area contributed by atoms with Crippen LogP contribution in [0.5, 0.6) is 5.75 Å². The van der Waals surface area contributed by atoms with Crippen LogP contribution in [0.1, 0.15) is 36.2 Å². The van der Waals surface area contributed by atoms with Gasteiger partial charge < -0.3 is 10.1 Å². The summed E-state index contributed by atoms with van der Waals surface area (Å²) < 4.78 is 5.19. The molecule has 4 heteroatoms. The van der Waals surface area contributed by atoms with Gasteiger partial charge in [0.2, 0.25) is 0 Å². The molecule has 1 N–H and O–H groups in total. The largest absolute Gasteiger partial charge is 0.497 e. The van der Waals surface area contributed by atoms with E-state index in [-0.39, 0.29) is 0 Å². The molecule has 116 valence electrons. The predicted octanol–water partition coefficient (Wildman–Crippen LogP) is 2.76. The quantitative estimate of drug-likeness (QED) is 0.890. The van der Waals surface area contributed by atoms with E-state index in [0.29, 0.717) is 6.04 Å². The van der Waals surface area contributed by atoms with Gasteiger partial charge in [-0.25, -0.2) is 0 Å². The Morgan fingerprint density at radius 3 is 2.73 bits per heavy atom. The third-order valence-electron chi connectivity index (χ3n) is 4.19. The zero-order chi connectivity index (χ0) is 15.2. The lowest BCUT2D eigenvalue weighted by atomic mass is 10.1. The van der Waals surface area contributed by atoms with Gasteiger partial charge >= 0.3 is 0 Å². The first-order chi connectivity index (χ1) is 10.8. The van der Waals surface area contributed by atoms with E-state index in [1.807, 2.05) is 24.5 Å². The number of nitrogens with zero attached hydrogens (tertiary/aromatic N) is 2. The number of methoxy groups -OCH3 is 1. The Morgan fingerprint density at radius 2 is 2.00 bits per heavy atom. The molecule has 2 aromatic rings. The summed E-state index contributed by atoms with van der Waals surface area (Å²) in [5, 5.41) is 3.53. The second-order valence-corrected chi connectivity index (χ2v) is 5.86. The standard InChI is InChI=1S/C18H23N3O/c1-22-18-8-4-14(5-9-18)11-17-13-19-12-16(21-17)7-6-15-3-2-10-20-15/h4-5,8-9,12-13,15,20H,2-3,6-7,10-11H2,1H3/t15-/m1/s1. The van der Waals surface area contributed by atoms with Crippen LogP contribution in [0.2, 0.25) is 0 Å². The molecule has 3 rings (SSSR count). The number of aryl methyl sites for hydroxylation is 1. The average molecular weight is 297 g/mol. The van der Waals surface area contributed by atoms with Gasteiger partial charge in [0.15, 0.2) is 0 Å². The summed E-state index contributed by atoms with van der Waals surface area (Å²) in [4.78, 5) is 9.10. The van der Waals surface area contributed by atoms with Crippen LogP contribution in [0.3, 0.4) is 0 Å². The smallest absolute Gasteiger partial charge is 0.118 e. The summed E-state index contributed by atoms with van der Waals surface area (Å²) in [5.41, 5.74) is 3.35. The van der Waals surface area contributed by atoms with Crippen molar-refractivity contribution in [1.82, 2.24) is 15.3 Å². The third kappa shape index (κ3) is 4.04. The topological polar surface area (TPSA) is 47.0 Å². The first kappa shape index (κ1) is 15.0. The van der Waals surface area contributed by atoms with E-state index >= 15 is 0 Å². The summed E-state index contributed by atoms with van der Waals surface area (Å²) in [6.45, 7) is 1.16. The van der Waals surface area contributed by atoms with Crippen molar-refractivity contribution < 1.29 is 4.74 Å². The monoisotopic (exact) mass is 297 g/mol. The van der Waals surface area contributed by atoms with E-state index < -0.39 is 0 Å². The van der Waals surface area contributed by atoms with Crippen molar-refractivity contribution in [2.24, 2.45) is 0 Å². The second-order valence-electron chi connectivity index (χ2n) is 5.86. The van der Waals surface area contributed by atoms with E-state index in [9.17, 15) is 0 Å². The maximum Gasteiger partial charge on any atom is 0.118 e. The molecule has 4 nitrogen and oxygen atoms in total. The molecule has 0 aliphatic carbocycles. The van der Waals surface area contributed by atoms with Crippen LogP contribution in [0.15, 0.2) is 36.7 Å². The van der Waals surface area contributed by atoms with Crippen molar-refractivity contribution in [1.29, 1.82) is 0 Å². The first-order valence-corrected chi connectivity index (χ1v) is 7.99. The van der Waals surface area contributed by atoms with Crippen LogP contribution in [0.4, 0.5) is 0 Å². The number of hydrogen-bond acceptors (Lipinski definition) is 4. The predicted molar refractivity (Wildman–Crippen MR) is 87.2 cm³/mol. The number of benzene rings is 1. The highest BCUT2D eigenvalue weighted by molar-refractivity contribution is 5.29. The van der Waals surface area contributed by atoms with Crippen LogP contribution < -0.4 is 10.1 Å². The molecule has 1 atom stereocenters. The molecule has 0 spiro atoms. The van der Waals surface area contributed by atoms with E-state index in [4.69, 9.17) is 9.72 Å². The molecule has 0 amide bonds. The van der Waals surface area contributed by atoms with Gasteiger partial charge in [-0.1, -0.05) is 12.1 Å². The Labute approximate surface area is 132 Å². The molecule has 1 aliphatic heterocycles. The molecule has 2 heterocycles. The fourth-order valence-electron chi connectivity index (χ4n) is 2.93. The summed E-state index contributed by atoms with van der Waals surface area (Å²) in [6, 6.07) is 8.79. The molecule has 0 unspecified atom stereocenters. The van der Waals surface area contributed by atoms with Crippen molar-refractivity contribution in [2.75, 3.05) is 13.7 Å². The van der Waals surface area contributed by atoms with Gasteiger partial charge in [-0.2, -0.15) is 0 Å². The molecule has 1 fully saturated rings. The molecular formula is C18H23N3O. The van der Waals surface area contributed by atoms with Crippen LogP contribution in [0, 0.1) is 0 Å². The van der Waals surface area contributed by atoms with E-state index in [2.05, 4.69) is 22.4 Å². The van der Waals surface area contributed by atoms with Crippen LogP contribution in [-0.4, -0.2) is 29.7 Å². The van der Waals surface area contributed by atoms with Crippen molar-refractivity contribution in [3.05, 3.63) is 53.6 Å². The Kier molecular flexibility index (Phi) is 5.01. The SMILES string of the molecule is COc1ccc(Cc2cncc(CC[C@H]3CCCN3)n2)cc1. The summed E-state index contributed by atoms with van der Waals surface area (Å²) in [5.74, 6) is 0.882. The fraction of sp³-hybridized carbons (Fsp3) is 0.444. The molecule has 1 aromatic carbocycles. The molecule has 1 aromatic heterocycles. The molecule has 1 aliphatic rings. The maximum absolute atomic E-state index is 5.19. The van der Waals surface area contributed by atoms with Crippen molar-refractivity contribution in [3.8, 4) is 5.75 Å². The van der Waals surface area contributed by atoms with E-state index in [1.54, 1.807) is 7.11 Å². The summed E-state index contributed by atoms with van der Waals surface area (Å²) >= 11 is 0. The molecule has 0 saturated carbocycles. The highest BCUT2D eigenvalue weighted by Crippen LogP contribution is 2.15.